The molecule has 2 bridgehead atoms. The predicted molar refractivity (Wildman–Crippen MR) is 113 cm³/mol. The maximum Gasteiger partial charge on any atom is 0.336 e. The summed E-state index contributed by atoms with van der Waals surface area (Å²) in [5.74, 6) is 1.57. The molecule has 2 aliphatic rings. The molecule has 160 valence electrons. The van der Waals surface area contributed by atoms with Crippen LogP contribution < -0.4 is 21.0 Å². The minimum Gasteiger partial charge on any atom is -0.482 e. The first-order valence-electron chi connectivity index (χ1n) is 10.3. The fraction of sp³-hybridized carbons (Fsp3) is 0.500. The van der Waals surface area contributed by atoms with Crippen LogP contribution in [-0.4, -0.2) is 24.6 Å². The average Bonchev–Trinajstić information content (AvgIpc) is 3.30. The molecule has 0 saturated heterocycles. The number of fused-ring (bicyclic) bond motifs is 3. The normalized spacial score (nSPS) is 23.4. The Hall–Kier alpha value is -2.54. The Kier molecular flexibility index (Phi) is 5.73. The Morgan fingerprint density at radius 3 is 2.77 bits per heavy atom. The first-order chi connectivity index (χ1) is 14.3. The van der Waals surface area contributed by atoms with Crippen LogP contribution in [0.3, 0.4) is 0 Å². The van der Waals surface area contributed by atoms with Crippen LogP contribution in [0.2, 0.25) is 5.02 Å². The van der Waals surface area contributed by atoms with Crippen LogP contribution in [-0.2, 0) is 4.79 Å². The molecule has 1 aromatic heterocycles. The molecular formula is C22H25ClN2O5. The standard InChI is InChI=1S/C22H25ClN2O5/c1-11-5-21(27)30-18-9-19(17(23)8-15(11)18)29-10-20(26)25-22(28)24-12(2)16-7-13-3-4-14(16)6-13/h5,8-9,12-14,16H,3-4,6-7,10H2,1-2H3,(H2,24,25,26,28)/t12-,13-,14-,16+/m0/s1. The fourth-order valence-corrected chi connectivity index (χ4v) is 5.21. The zero-order valence-electron chi connectivity index (χ0n) is 17.0. The van der Waals surface area contributed by atoms with Crippen LogP contribution in [0, 0.1) is 24.7 Å². The smallest absolute Gasteiger partial charge is 0.336 e. The molecule has 2 N–H and O–H groups in total. The molecule has 2 saturated carbocycles. The van der Waals surface area contributed by atoms with E-state index in [0.29, 0.717) is 22.8 Å². The van der Waals surface area contributed by atoms with E-state index < -0.39 is 24.2 Å². The van der Waals surface area contributed by atoms with Crippen molar-refractivity contribution in [2.45, 2.75) is 45.6 Å². The molecule has 4 rings (SSSR count). The van der Waals surface area contributed by atoms with E-state index in [1.165, 1.54) is 31.4 Å². The lowest BCUT2D eigenvalue weighted by Gasteiger charge is -2.28. The maximum absolute atomic E-state index is 12.2. The number of urea groups is 1. The lowest BCUT2D eigenvalue weighted by atomic mass is 9.84. The lowest BCUT2D eigenvalue weighted by molar-refractivity contribution is -0.122. The zero-order chi connectivity index (χ0) is 21.4. The van der Waals surface area contributed by atoms with Crippen molar-refractivity contribution < 1.29 is 18.7 Å². The van der Waals surface area contributed by atoms with Crippen molar-refractivity contribution in [3.63, 3.8) is 0 Å². The third-order valence-electron chi connectivity index (χ3n) is 6.41. The van der Waals surface area contributed by atoms with Crippen LogP contribution >= 0.6 is 11.6 Å². The maximum atomic E-state index is 12.2. The van der Waals surface area contributed by atoms with Gasteiger partial charge < -0.3 is 14.5 Å². The summed E-state index contributed by atoms with van der Waals surface area (Å²) in [6.45, 7) is 3.38. The first kappa shape index (κ1) is 20.7. The van der Waals surface area contributed by atoms with Crippen molar-refractivity contribution >= 4 is 34.5 Å². The van der Waals surface area contributed by atoms with E-state index in [-0.39, 0.29) is 16.8 Å². The Morgan fingerprint density at radius 1 is 1.27 bits per heavy atom. The summed E-state index contributed by atoms with van der Waals surface area (Å²) in [6.07, 6.45) is 4.95. The first-order valence-corrected chi connectivity index (χ1v) is 10.6. The van der Waals surface area contributed by atoms with Gasteiger partial charge in [0.25, 0.3) is 5.91 Å². The average molecular weight is 433 g/mol. The quantitative estimate of drug-likeness (QED) is 0.700. The molecule has 1 heterocycles. The van der Waals surface area contributed by atoms with Gasteiger partial charge in [0.2, 0.25) is 0 Å². The second kappa shape index (κ2) is 8.30. The minimum atomic E-state index is -0.588. The number of carbonyl (C=O) groups excluding carboxylic acids is 2. The van der Waals surface area contributed by atoms with Crippen LogP contribution in [0.5, 0.6) is 5.75 Å². The van der Waals surface area contributed by atoms with Gasteiger partial charge in [0.15, 0.2) is 6.61 Å². The van der Waals surface area contributed by atoms with E-state index in [2.05, 4.69) is 10.6 Å². The number of nitrogens with one attached hydrogen (secondary N) is 2. The number of carbonyl (C=O) groups is 2. The van der Waals surface area contributed by atoms with Crippen molar-refractivity contribution in [2.75, 3.05) is 6.61 Å². The Morgan fingerprint density at radius 2 is 2.07 bits per heavy atom. The van der Waals surface area contributed by atoms with E-state index in [1.54, 1.807) is 13.0 Å². The van der Waals surface area contributed by atoms with Crippen LogP contribution in [0.25, 0.3) is 11.0 Å². The lowest BCUT2D eigenvalue weighted by Crippen LogP contribution is -2.48. The molecule has 1 aromatic carbocycles. The van der Waals surface area contributed by atoms with E-state index in [4.69, 9.17) is 20.8 Å². The molecule has 0 unspecified atom stereocenters. The summed E-state index contributed by atoms with van der Waals surface area (Å²) >= 11 is 6.22. The van der Waals surface area contributed by atoms with E-state index >= 15 is 0 Å². The molecular weight excluding hydrogens is 408 g/mol. The third-order valence-corrected chi connectivity index (χ3v) is 6.70. The molecule has 3 amide bonds. The number of imide groups is 1. The molecule has 2 aromatic rings. The summed E-state index contributed by atoms with van der Waals surface area (Å²) < 4.78 is 10.6. The number of halogens is 1. The molecule has 7 nitrogen and oxygen atoms in total. The van der Waals surface area contributed by atoms with Gasteiger partial charge in [0.1, 0.15) is 11.3 Å². The number of ether oxygens (including phenoxy) is 1. The molecule has 2 aliphatic carbocycles. The number of hydrogen-bond acceptors (Lipinski definition) is 5. The molecule has 0 aliphatic heterocycles. The van der Waals surface area contributed by atoms with Crippen molar-refractivity contribution in [2.24, 2.45) is 17.8 Å². The van der Waals surface area contributed by atoms with Gasteiger partial charge in [-0.15, -0.1) is 0 Å². The van der Waals surface area contributed by atoms with E-state index in [0.717, 1.165) is 17.9 Å². The SMILES string of the molecule is Cc1cc(=O)oc2cc(OCC(=O)NC(=O)N[C@@H](C)[C@H]3C[C@H]4CC[C@H]3C4)c(Cl)cc12. The van der Waals surface area contributed by atoms with E-state index in [9.17, 15) is 14.4 Å². The Balaban J connectivity index is 1.31. The Bertz CT molecular complexity index is 1050. The highest BCUT2D eigenvalue weighted by atomic mass is 35.5. The van der Waals surface area contributed by atoms with Gasteiger partial charge in [0, 0.05) is 23.6 Å². The van der Waals surface area contributed by atoms with Crippen molar-refractivity contribution in [1.82, 2.24) is 10.6 Å². The summed E-state index contributed by atoms with van der Waals surface area (Å²) in [6, 6.07) is 3.96. The molecule has 2 fully saturated rings. The highest BCUT2D eigenvalue weighted by Gasteiger charge is 2.42. The predicted octanol–water partition coefficient (Wildman–Crippen LogP) is 3.78. The fourth-order valence-electron chi connectivity index (χ4n) is 4.99. The minimum absolute atomic E-state index is 0.0232. The van der Waals surface area contributed by atoms with E-state index in [1.807, 2.05) is 6.92 Å². The second-order valence-corrected chi connectivity index (χ2v) is 8.87. The highest BCUT2D eigenvalue weighted by molar-refractivity contribution is 6.32. The molecule has 8 heteroatoms. The molecule has 4 atom stereocenters. The summed E-state index contributed by atoms with van der Waals surface area (Å²) in [5.41, 5.74) is 0.568. The number of hydrogen-bond donors (Lipinski definition) is 2. The zero-order valence-corrected chi connectivity index (χ0v) is 17.8. The van der Waals surface area contributed by atoms with Crippen LogP contribution in [0.4, 0.5) is 4.79 Å². The van der Waals surface area contributed by atoms with Crippen molar-refractivity contribution in [1.29, 1.82) is 0 Å². The topological polar surface area (TPSA) is 97.6 Å². The van der Waals surface area contributed by atoms with Gasteiger partial charge in [-0.3, -0.25) is 10.1 Å². The molecule has 0 radical (unpaired) electrons. The van der Waals surface area contributed by atoms with Gasteiger partial charge in [-0.05, 0) is 62.5 Å². The summed E-state index contributed by atoms with van der Waals surface area (Å²) in [5, 5.41) is 6.14. The number of benzene rings is 1. The van der Waals surface area contributed by atoms with Crippen molar-refractivity contribution in [3.8, 4) is 5.75 Å². The largest absolute Gasteiger partial charge is 0.482 e. The number of amides is 3. The van der Waals surface area contributed by atoms with Gasteiger partial charge in [0.05, 0.1) is 5.02 Å². The number of rotatable bonds is 5. The number of aryl methyl sites for hydroxylation is 1. The Labute approximate surface area is 179 Å². The third kappa shape index (κ3) is 4.31. The van der Waals surface area contributed by atoms with Gasteiger partial charge >= 0.3 is 11.7 Å². The van der Waals surface area contributed by atoms with Gasteiger partial charge in [-0.2, -0.15) is 0 Å². The van der Waals surface area contributed by atoms with Crippen LogP contribution in [0.1, 0.15) is 38.2 Å². The van der Waals surface area contributed by atoms with Gasteiger partial charge in [-0.1, -0.05) is 18.0 Å². The van der Waals surface area contributed by atoms with Gasteiger partial charge in [-0.25, -0.2) is 9.59 Å². The molecule has 0 spiro atoms. The monoisotopic (exact) mass is 432 g/mol. The van der Waals surface area contributed by atoms with Crippen LogP contribution in [0.15, 0.2) is 27.4 Å². The highest BCUT2D eigenvalue weighted by Crippen LogP contribution is 2.49. The summed E-state index contributed by atoms with van der Waals surface area (Å²) in [7, 11) is 0. The molecule has 30 heavy (non-hydrogen) atoms. The summed E-state index contributed by atoms with van der Waals surface area (Å²) in [4.78, 5) is 35.9. The van der Waals surface area contributed by atoms with Crippen molar-refractivity contribution in [3.05, 3.63) is 39.2 Å². The second-order valence-electron chi connectivity index (χ2n) is 8.46.